The van der Waals surface area contributed by atoms with Crippen molar-refractivity contribution in [2.24, 2.45) is 0 Å². The monoisotopic (exact) mass is 264 g/mol. The second-order valence-electron chi connectivity index (χ2n) is 5.50. The van der Waals surface area contributed by atoms with Crippen LogP contribution >= 0.6 is 0 Å². The SMILES string of the molecule is CCC1CN(C(C)c2cccc(F)c2)C(CC)CN1. The average molecular weight is 264 g/mol. The summed E-state index contributed by atoms with van der Waals surface area (Å²) >= 11 is 0. The van der Waals surface area contributed by atoms with E-state index in [2.05, 4.69) is 31.0 Å². The number of halogens is 1. The minimum atomic E-state index is -0.139. The molecule has 2 rings (SSSR count). The Morgan fingerprint density at radius 3 is 2.79 bits per heavy atom. The van der Waals surface area contributed by atoms with E-state index in [9.17, 15) is 4.39 Å². The van der Waals surface area contributed by atoms with E-state index in [-0.39, 0.29) is 11.9 Å². The van der Waals surface area contributed by atoms with Gasteiger partial charge in [0.05, 0.1) is 0 Å². The van der Waals surface area contributed by atoms with Crippen molar-refractivity contribution in [1.82, 2.24) is 10.2 Å². The molecule has 0 bridgehead atoms. The van der Waals surface area contributed by atoms with Crippen molar-refractivity contribution in [2.45, 2.75) is 51.7 Å². The normalized spacial score (nSPS) is 26.3. The van der Waals surface area contributed by atoms with Gasteiger partial charge in [0.1, 0.15) is 5.82 Å². The number of hydrogen-bond acceptors (Lipinski definition) is 2. The Labute approximate surface area is 116 Å². The molecule has 0 amide bonds. The van der Waals surface area contributed by atoms with Crippen LogP contribution in [0.3, 0.4) is 0 Å². The summed E-state index contributed by atoms with van der Waals surface area (Å²) in [5.74, 6) is -0.139. The fraction of sp³-hybridized carbons (Fsp3) is 0.625. The maximum Gasteiger partial charge on any atom is 0.123 e. The van der Waals surface area contributed by atoms with Gasteiger partial charge in [-0.15, -0.1) is 0 Å². The number of rotatable bonds is 4. The van der Waals surface area contributed by atoms with E-state index in [4.69, 9.17) is 0 Å². The molecular formula is C16H25FN2. The van der Waals surface area contributed by atoms with Crippen molar-refractivity contribution in [3.8, 4) is 0 Å². The fourth-order valence-electron chi connectivity index (χ4n) is 2.97. The smallest absolute Gasteiger partial charge is 0.123 e. The molecule has 0 radical (unpaired) electrons. The van der Waals surface area contributed by atoms with Gasteiger partial charge >= 0.3 is 0 Å². The first-order valence-electron chi connectivity index (χ1n) is 7.40. The summed E-state index contributed by atoms with van der Waals surface area (Å²) in [5, 5.41) is 3.60. The van der Waals surface area contributed by atoms with Gasteiger partial charge in [-0.05, 0) is 37.5 Å². The zero-order valence-corrected chi connectivity index (χ0v) is 12.2. The van der Waals surface area contributed by atoms with E-state index < -0.39 is 0 Å². The van der Waals surface area contributed by atoms with Crippen LogP contribution < -0.4 is 5.32 Å². The molecule has 1 aliphatic heterocycles. The second-order valence-corrected chi connectivity index (χ2v) is 5.50. The summed E-state index contributed by atoms with van der Waals surface area (Å²) in [5.41, 5.74) is 1.08. The molecule has 0 aliphatic carbocycles. The quantitative estimate of drug-likeness (QED) is 0.897. The molecule has 3 atom stereocenters. The first-order chi connectivity index (χ1) is 9.15. The third-order valence-corrected chi connectivity index (χ3v) is 4.33. The largest absolute Gasteiger partial charge is 0.311 e. The van der Waals surface area contributed by atoms with E-state index in [1.54, 1.807) is 6.07 Å². The van der Waals surface area contributed by atoms with Crippen molar-refractivity contribution in [3.63, 3.8) is 0 Å². The van der Waals surface area contributed by atoms with Crippen LogP contribution in [0.5, 0.6) is 0 Å². The summed E-state index contributed by atoms with van der Waals surface area (Å²) in [6, 6.07) is 8.39. The van der Waals surface area contributed by atoms with Gasteiger partial charge in [0, 0.05) is 31.2 Å². The molecule has 3 unspecified atom stereocenters. The van der Waals surface area contributed by atoms with Gasteiger partial charge in [-0.25, -0.2) is 4.39 Å². The van der Waals surface area contributed by atoms with E-state index in [1.807, 2.05) is 12.1 Å². The Hall–Kier alpha value is -0.930. The highest BCUT2D eigenvalue weighted by atomic mass is 19.1. The van der Waals surface area contributed by atoms with E-state index in [0.717, 1.165) is 31.5 Å². The van der Waals surface area contributed by atoms with Crippen molar-refractivity contribution >= 4 is 0 Å². The number of nitrogens with zero attached hydrogens (tertiary/aromatic N) is 1. The maximum absolute atomic E-state index is 13.4. The number of benzene rings is 1. The molecule has 1 saturated heterocycles. The van der Waals surface area contributed by atoms with Crippen molar-refractivity contribution < 1.29 is 4.39 Å². The molecule has 0 saturated carbocycles. The molecular weight excluding hydrogens is 239 g/mol. The Morgan fingerprint density at radius 1 is 1.37 bits per heavy atom. The van der Waals surface area contributed by atoms with Crippen molar-refractivity contribution in [2.75, 3.05) is 13.1 Å². The number of piperazine rings is 1. The molecule has 1 aromatic carbocycles. The topological polar surface area (TPSA) is 15.3 Å². The molecule has 3 heteroatoms. The molecule has 1 aliphatic rings. The third kappa shape index (κ3) is 3.34. The van der Waals surface area contributed by atoms with E-state index >= 15 is 0 Å². The van der Waals surface area contributed by atoms with Crippen LogP contribution in [0.1, 0.15) is 45.2 Å². The van der Waals surface area contributed by atoms with E-state index in [0.29, 0.717) is 12.1 Å². The fourth-order valence-corrected chi connectivity index (χ4v) is 2.97. The molecule has 1 fully saturated rings. The van der Waals surface area contributed by atoms with Crippen LogP contribution in [0, 0.1) is 5.82 Å². The first-order valence-corrected chi connectivity index (χ1v) is 7.40. The van der Waals surface area contributed by atoms with Gasteiger partial charge in [-0.1, -0.05) is 26.0 Å². The molecule has 106 valence electrons. The molecule has 2 nitrogen and oxygen atoms in total. The summed E-state index contributed by atoms with van der Waals surface area (Å²) in [4.78, 5) is 2.53. The van der Waals surface area contributed by atoms with Crippen LogP contribution in [0.4, 0.5) is 4.39 Å². The minimum Gasteiger partial charge on any atom is -0.311 e. The van der Waals surface area contributed by atoms with Gasteiger partial charge in [0.15, 0.2) is 0 Å². The highest BCUT2D eigenvalue weighted by Gasteiger charge is 2.29. The molecule has 1 heterocycles. The predicted octanol–water partition coefficient (Wildman–Crippen LogP) is 3.35. The summed E-state index contributed by atoms with van der Waals surface area (Å²) in [6.45, 7) is 8.72. The van der Waals surface area contributed by atoms with Gasteiger partial charge in [-0.3, -0.25) is 4.90 Å². The molecule has 0 spiro atoms. The van der Waals surface area contributed by atoms with Gasteiger partial charge in [0.25, 0.3) is 0 Å². The Morgan fingerprint density at radius 2 is 2.16 bits per heavy atom. The first kappa shape index (κ1) is 14.5. The van der Waals surface area contributed by atoms with Crippen LogP contribution in [0.15, 0.2) is 24.3 Å². The van der Waals surface area contributed by atoms with Crippen LogP contribution in [0.2, 0.25) is 0 Å². The Balaban J connectivity index is 2.16. The molecule has 1 aromatic rings. The highest BCUT2D eigenvalue weighted by molar-refractivity contribution is 5.20. The van der Waals surface area contributed by atoms with Crippen LogP contribution in [-0.2, 0) is 0 Å². The van der Waals surface area contributed by atoms with Gasteiger partial charge < -0.3 is 5.32 Å². The van der Waals surface area contributed by atoms with Crippen molar-refractivity contribution in [3.05, 3.63) is 35.6 Å². The average Bonchev–Trinajstić information content (AvgIpc) is 2.45. The second kappa shape index (κ2) is 6.49. The summed E-state index contributed by atoms with van der Waals surface area (Å²) in [6.07, 6.45) is 2.27. The van der Waals surface area contributed by atoms with Gasteiger partial charge in [-0.2, -0.15) is 0 Å². The van der Waals surface area contributed by atoms with Gasteiger partial charge in [0.2, 0.25) is 0 Å². The molecule has 0 aromatic heterocycles. The lowest BCUT2D eigenvalue weighted by molar-refractivity contribution is 0.0849. The Bertz CT molecular complexity index is 407. The lowest BCUT2D eigenvalue weighted by atomic mass is 9.99. The lowest BCUT2D eigenvalue weighted by Gasteiger charge is -2.43. The number of hydrogen-bond donors (Lipinski definition) is 1. The minimum absolute atomic E-state index is 0.139. The van der Waals surface area contributed by atoms with Crippen LogP contribution in [-0.4, -0.2) is 30.1 Å². The zero-order valence-electron chi connectivity index (χ0n) is 12.2. The standard InChI is InChI=1S/C16H25FN2/c1-4-15-11-19(16(5-2)10-18-15)12(3)13-7-6-8-14(17)9-13/h6-9,12,15-16,18H,4-5,10-11H2,1-3H3. The summed E-state index contributed by atoms with van der Waals surface area (Å²) in [7, 11) is 0. The lowest BCUT2D eigenvalue weighted by Crippen LogP contribution is -2.56. The Kier molecular flexibility index (Phi) is 4.94. The predicted molar refractivity (Wildman–Crippen MR) is 77.7 cm³/mol. The van der Waals surface area contributed by atoms with Crippen LogP contribution in [0.25, 0.3) is 0 Å². The molecule has 19 heavy (non-hydrogen) atoms. The van der Waals surface area contributed by atoms with Crippen molar-refractivity contribution in [1.29, 1.82) is 0 Å². The third-order valence-electron chi connectivity index (χ3n) is 4.33. The van der Waals surface area contributed by atoms with E-state index in [1.165, 1.54) is 6.07 Å². The zero-order chi connectivity index (χ0) is 13.8. The molecule has 1 N–H and O–H groups in total. The maximum atomic E-state index is 13.4. The highest BCUT2D eigenvalue weighted by Crippen LogP contribution is 2.26. The number of nitrogens with one attached hydrogen (secondary N) is 1. The summed E-state index contributed by atoms with van der Waals surface area (Å²) < 4.78 is 13.4.